The Morgan fingerprint density at radius 3 is 2.43 bits per heavy atom. The lowest BCUT2D eigenvalue weighted by Crippen LogP contribution is -2.44. The van der Waals surface area contributed by atoms with Crippen LogP contribution in [0.2, 0.25) is 0 Å². The van der Waals surface area contributed by atoms with E-state index in [0.717, 1.165) is 26.2 Å². The van der Waals surface area contributed by atoms with Crippen LogP contribution in [0.15, 0.2) is 28.2 Å². The molecule has 0 spiro atoms. The number of nitrogens with two attached hydrogens (primary N) is 3. The number of rotatable bonds is 2. The molecule has 0 saturated carbocycles. The number of benzene rings is 1. The minimum atomic E-state index is -0.335. The Morgan fingerprint density at radius 1 is 1.14 bits per heavy atom. The number of guanidine groups is 2. The second kappa shape index (κ2) is 6.40. The lowest BCUT2D eigenvalue weighted by Gasteiger charge is -2.34. The molecule has 1 aliphatic rings. The summed E-state index contributed by atoms with van der Waals surface area (Å²) in [5, 5.41) is 0. The summed E-state index contributed by atoms with van der Waals surface area (Å²) in [6.45, 7) is 3.17. The smallest absolute Gasteiger partial charge is 0.223 e. The standard InChI is InChI=1S/C13H20FN7/c1-20-5-7-21(8-6-20)11-9(14)3-2-4-10(11)18-13(17)19-12(15)16/h2-4H,5-8H2,1H3,(H6,15,16,17,18,19). The first-order valence-corrected chi connectivity index (χ1v) is 6.63. The van der Waals surface area contributed by atoms with Crippen LogP contribution in [0, 0.1) is 5.82 Å². The molecule has 6 N–H and O–H groups in total. The zero-order valence-electron chi connectivity index (χ0n) is 12.0. The van der Waals surface area contributed by atoms with Gasteiger partial charge in [0.25, 0.3) is 0 Å². The highest BCUT2D eigenvalue weighted by Crippen LogP contribution is 2.32. The van der Waals surface area contributed by atoms with E-state index in [4.69, 9.17) is 17.2 Å². The molecule has 21 heavy (non-hydrogen) atoms. The van der Waals surface area contributed by atoms with Crippen molar-refractivity contribution in [3.05, 3.63) is 24.0 Å². The number of aliphatic imine (C=N–C) groups is 2. The van der Waals surface area contributed by atoms with Gasteiger partial charge in [0, 0.05) is 26.2 Å². The van der Waals surface area contributed by atoms with Gasteiger partial charge in [0.1, 0.15) is 5.82 Å². The summed E-state index contributed by atoms with van der Waals surface area (Å²) in [4.78, 5) is 11.9. The monoisotopic (exact) mass is 293 g/mol. The molecule has 1 saturated heterocycles. The van der Waals surface area contributed by atoms with Gasteiger partial charge in [-0.2, -0.15) is 4.99 Å². The first-order chi connectivity index (χ1) is 9.97. The van der Waals surface area contributed by atoms with E-state index in [9.17, 15) is 4.39 Å². The van der Waals surface area contributed by atoms with Crippen molar-refractivity contribution in [2.45, 2.75) is 0 Å². The lowest BCUT2D eigenvalue weighted by atomic mass is 10.2. The summed E-state index contributed by atoms with van der Waals surface area (Å²) in [5.41, 5.74) is 17.0. The minimum absolute atomic E-state index is 0.101. The van der Waals surface area contributed by atoms with Crippen molar-refractivity contribution in [3.8, 4) is 0 Å². The fourth-order valence-electron chi connectivity index (χ4n) is 2.22. The van der Waals surface area contributed by atoms with Crippen LogP contribution in [-0.4, -0.2) is 50.0 Å². The molecule has 114 valence electrons. The SMILES string of the molecule is CN1CCN(c2c(F)cccc2N=C(N)N=C(N)N)CC1. The Hall–Kier alpha value is -2.35. The molecule has 8 heteroatoms. The molecule has 0 amide bonds. The highest BCUT2D eigenvalue weighted by Gasteiger charge is 2.20. The Morgan fingerprint density at radius 2 is 1.81 bits per heavy atom. The van der Waals surface area contributed by atoms with Crippen LogP contribution >= 0.6 is 0 Å². The van der Waals surface area contributed by atoms with E-state index in [-0.39, 0.29) is 17.7 Å². The Labute approximate surface area is 122 Å². The second-order valence-electron chi connectivity index (χ2n) is 4.90. The molecule has 1 aliphatic heterocycles. The molecule has 1 aromatic carbocycles. The second-order valence-corrected chi connectivity index (χ2v) is 4.90. The maximum atomic E-state index is 14.2. The molecule has 0 radical (unpaired) electrons. The average Bonchev–Trinajstić information content (AvgIpc) is 2.39. The number of halogens is 1. The molecular formula is C13H20FN7. The third-order valence-corrected chi connectivity index (χ3v) is 3.26. The molecular weight excluding hydrogens is 273 g/mol. The third-order valence-electron chi connectivity index (χ3n) is 3.26. The highest BCUT2D eigenvalue weighted by molar-refractivity contribution is 5.94. The molecule has 0 bridgehead atoms. The topological polar surface area (TPSA) is 109 Å². The van der Waals surface area contributed by atoms with Gasteiger partial charge in [-0.15, -0.1) is 0 Å². The summed E-state index contributed by atoms with van der Waals surface area (Å²) < 4.78 is 14.2. The van der Waals surface area contributed by atoms with Gasteiger partial charge >= 0.3 is 0 Å². The van der Waals surface area contributed by atoms with E-state index in [2.05, 4.69) is 14.9 Å². The van der Waals surface area contributed by atoms with Crippen molar-refractivity contribution in [3.63, 3.8) is 0 Å². The van der Waals surface area contributed by atoms with Gasteiger partial charge < -0.3 is 27.0 Å². The zero-order chi connectivity index (χ0) is 15.4. The minimum Gasteiger partial charge on any atom is -0.370 e. The van der Waals surface area contributed by atoms with Gasteiger partial charge in [0.2, 0.25) is 5.96 Å². The lowest BCUT2D eigenvalue weighted by molar-refractivity contribution is 0.312. The molecule has 1 aromatic rings. The van der Waals surface area contributed by atoms with Crippen LogP contribution in [0.1, 0.15) is 0 Å². The average molecular weight is 293 g/mol. The molecule has 0 atom stereocenters. The van der Waals surface area contributed by atoms with Crippen LogP contribution in [-0.2, 0) is 0 Å². The quantitative estimate of drug-likeness (QED) is 0.516. The maximum Gasteiger partial charge on any atom is 0.223 e. The number of likely N-dealkylation sites (N-methyl/N-ethyl adjacent to an activating group) is 1. The first-order valence-electron chi connectivity index (χ1n) is 6.63. The van der Waals surface area contributed by atoms with Crippen LogP contribution in [0.5, 0.6) is 0 Å². The number of nitrogens with zero attached hydrogens (tertiary/aromatic N) is 4. The molecule has 1 heterocycles. The van der Waals surface area contributed by atoms with Crippen molar-refractivity contribution in [1.29, 1.82) is 0 Å². The van der Waals surface area contributed by atoms with E-state index < -0.39 is 0 Å². The van der Waals surface area contributed by atoms with Crippen molar-refractivity contribution >= 4 is 23.3 Å². The van der Waals surface area contributed by atoms with Crippen molar-refractivity contribution in [2.75, 3.05) is 38.1 Å². The number of hydrogen-bond acceptors (Lipinski definition) is 3. The molecule has 0 unspecified atom stereocenters. The van der Waals surface area contributed by atoms with Crippen LogP contribution < -0.4 is 22.1 Å². The number of para-hydroxylation sites is 1. The molecule has 2 rings (SSSR count). The third kappa shape index (κ3) is 3.82. The summed E-state index contributed by atoms with van der Waals surface area (Å²) >= 11 is 0. The highest BCUT2D eigenvalue weighted by atomic mass is 19.1. The molecule has 7 nitrogen and oxygen atoms in total. The van der Waals surface area contributed by atoms with Crippen LogP contribution in [0.3, 0.4) is 0 Å². The molecule has 1 fully saturated rings. The Balaban J connectivity index is 2.34. The van der Waals surface area contributed by atoms with E-state index in [0.29, 0.717) is 11.4 Å². The fraction of sp³-hybridized carbons (Fsp3) is 0.385. The van der Waals surface area contributed by atoms with Crippen molar-refractivity contribution < 1.29 is 4.39 Å². The van der Waals surface area contributed by atoms with E-state index in [1.165, 1.54) is 6.07 Å². The van der Waals surface area contributed by atoms with Gasteiger partial charge in [-0.25, -0.2) is 9.38 Å². The van der Waals surface area contributed by atoms with Crippen LogP contribution in [0.4, 0.5) is 15.8 Å². The molecule has 0 aliphatic carbocycles. The fourth-order valence-corrected chi connectivity index (χ4v) is 2.22. The van der Waals surface area contributed by atoms with E-state index in [1.807, 2.05) is 11.9 Å². The zero-order valence-corrected chi connectivity index (χ0v) is 12.0. The largest absolute Gasteiger partial charge is 0.370 e. The Bertz CT molecular complexity index is 558. The van der Waals surface area contributed by atoms with Gasteiger partial charge in [-0.1, -0.05) is 6.07 Å². The Kier molecular flexibility index (Phi) is 4.59. The van der Waals surface area contributed by atoms with Crippen molar-refractivity contribution in [2.24, 2.45) is 27.2 Å². The van der Waals surface area contributed by atoms with Gasteiger partial charge in [0.15, 0.2) is 5.96 Å². The van der Waals surface area contributed by atoms with Gasteiger partial charge in [0.05, 0.1) is 11.4 Å². The van der Waals surface area contributed by atoms with Gasteiger partial charge in [-0.05, 0) is 19.2 Å². The van der Waals surface area contributed by atoms with Gasteiger partial charge in [-0.3, -0.25) is 0 Å². The first kappa shape index (κ1) is 15.0. The molecule has 0 aromatic heterocycles. The maximum absolute atomic E-state index is 14.2. The summed E-state index contributed by atoms with van der Waals surface area (Å²) in [6.07, 6.45) is 0. The number of piperazine rings is 1. The predicted molar refractivity (Wildman–Crippen MR) is 83.2 cm³/mol. The summed E-state index contributed by atoms with van der Waals surface area (Å²) in [7, 11) is 2.04. The predicted octanol–water partition coefficient (Wildman–Crippen LogP) is -0.203. The number of hydrogen-bond donors (Lipinski definition) is 3. The summed E-state index contributed by atoms with van der Waals surface area (Å²) in [6, 6.07) is 4.67. The van der Waals surface area contributed by atoms with Crippen molar-refractivity contribution in [1.82, 2.24) is 4.90 Å². The van der Waals surface area contributed by atoms with E-state index in [1.54, 1.807) is 12.1 Å². The van der Waals surface area contributed by atoms with Crippen LogP contribution in [0.25, 0.3) is 0 Å². The number of anilines is 1. The summed E-state index contributed by atoms with van der Waals surface area (Å²) in [5.74, 6) is -0.622. The van der Waals surface area contributed by atoms with E-state index >= 15 is 0 Å². The normalized spacial score (nSPS) is 16.9.